The lowest BCUT2D eigenvalue weighted by Crippen LogP contribution is -2.48. The molecule has 1 aromatic carbocycles. The molecule has 1 saturated carbocycles. The van der Waals surface area contributed by atoms with Crippen LogP contribution in [0.3, 0.4) is 0 Å². The smallest absolute Gasteiger partial charge is 0.245 e. The molecule has 0 atom stereocenters. The van der Waals surface area contributed by atoms with Gasteiger partial charge >= 0.3 is 0 Å². The van der Waals surface area contributed by atoms with Crippen molar-refractivity contribution in [3.05, 3.63) is 52.0 Å². The van der Waals surface area contributed by atoms with E-state index in [0.29, 0.717) is 6.61 Å². The maximum Gasteiger partial charge on any atom is 0.245 e. The number of amides is 1. The molecule has 3 rings (SSSR count). The number of carbonyl (C=O) groups is 1. The number of nitrogens with zero attached hydrogens (tertiary/aromatic N) is 2. The first-order valence-corrected chi connectivity index (χ1v) is 10.0. The summed E-state index contributed by atoms with van der Waals surface area (Å²) in [7, 11) is 0. The zero-order valence-corrected chi connectivity index (χ0v) is 16.2. The molecule has 140 valence electrons. The van der Waals surface area contributed by atoms with E-state index in [1.54, 1.807) is 17.4 Å². The summed E-state index contributed by atoms with van der Waals surface area (Å²) in [6.45, 7) is 2.39. The summed E-state index contributed by atoms with van der Waals surface area (Å²) in [6, 6.07) is 9.85. The Kier molecular flexibility index (Phi) is 6.25. The van der Waals surface area contributed by atoms with Gasteiger partial charge in [0.05, 0.1) is 16.8 Å². The van der Waals surface area contributed by atoms with Gasteiger partial charge in [-0.05, 0) is 43.5 Å². The molecule has 1 aromatic heterocycles. The van der Waals surface area contributed by atoms with Crippen molar-refractivity contribution in [1.29, 1.82) is 5.26 Å². The van der Waals surface area contributed by atoms with Crippen molar-refractivity contribution in [3.8, 4) is 11.8 Å². The largest absolute Gasteiger partial charge is 0.487 e. The SMILES string of the molecule is Cc1nc(COc2cccc(/C=C/C(=O)NC3(C#N)CCCCC3)c2)cs1. The maximum atomic E-state index is 12.3. The highest BCUT2D eigenvalue weighted by Gasteiger charge is 2.32. The number of nitrogens with one attached hydrogen (secondary N) is 1. The highest BCUT2D eigenvalue weighted by Crippen LogP contribution is 2.27. The van der Waals surface area contributed by atoms with Gasteiger partial charge in [-0.1, -0.05) is 31.4 Å². The molecule has 0 aliphatic heterocycles. The molecule has 0 spiro atoms. The van der Waals surface area contributed by atoms with E-state index in [0.717, 1.165) is 54.1 Å². The lowest BCUT2D eigenvalue weighted by atomic mass is 9.83. The van der Waals surface area contributed by atoms with Gasteiger partial charge in [0.25, 0.3) is 0 Å². The molecular formula is C21H23N3O2S. The molecule has 1 aliphatic carbocycles. The van der Waals surface area contributed by atoms with E-state index in [1.807, 2.05) is 36.6 Å². The number of rotatable bonds is 6. The number of aryl methyl sites for hydroxylation is 1. The summed E-state index contributed by atoms with van der Waals surface area (Å²) in [4.78, 5) is 16.6. The fourth-order valence-corrected chi connectivity index (χ4v) is 3.81. The quantitative estimate of drug-likeness (QED) is 0.753. The van der Waals surface area contributed by atoms with Crippen LogP contribution in [-0.2, 0) is 11.4 Å². The molecule has 27 heavy (non-hydrogen) atoms. The number of hydrogen-bond donors (Lipinski definition) is 1. The standard InChI is InChI=1S/C21H23N3O2S/c1-16-23-18(14-27-16)13-26-19-7-5-6-17(12-19)8-9-20(25)24-21(15-22)10-3-2-4-11-21/h5-9,12,14H,2-4,10-11,13H2,1H3,(H,24,25)/b9-8+. The number of thiazole rings is 1. The van der Waals surface area contributed by atoms with Gasteiger partial charge < -0.3 is 10.1 Å². The lowest BCUT2D eigenvalue weighted by Gasteiger charge is -2.31. The number of carbonyl (C=O) groups excluding carboxylic acids is 1. The minimum atomic E-state index is -0.712. The minimum absolute atomic E-state index is 0.234. The molecule has 2 aromatic rings. The first kappa shape index (κ1) is 19.1. The monoisotopic (exact) mass is 381 g/mol. The van der Waals surface area contributed by atoms with Gasteiger partial charge in [0.15, 0.2) is 0 Å². The van der Waals surface area contributed by atoms with Crippen LogP contribution in [0.5, 0.6) is 5.75 Å². The van der Waals surface area contributed by atoms with Crippen molar-refractivity contribution < 1.29 is 9.53 Å². The van der Waals surface area contributed by atoms with Gasteiger partial charge in [0.1, 0.15) is 17.9 Å². The first-order valence-electron chi connectivity index (χ1n) is 9.14. The second-order valence-corrected chi connectivity index (χ2v) is 7.86. The second-order valence-electron chi connectivity index (χ2n) is 6.80. The minimum Gasteiger partial charge on any atom is -0.487 e. The van der Waals surface area contributed by atoms with Gasteiger partial charge in [0, 0.05) is 11.5 Å². The number of hydrogen-bond acceptors (Lipinski definition) is 5. The normalized spacial score (nSPS) is 16.0. The predicted octanol–water partition coefficient (Wildman–Crippen LogP) is 4.39. The number of ether oxygens (including phenoxy) is 1. The van der Waals surface area contributed by atoms with Gasteiger partial charge in [0.2, 0.25) is 5.91 Å². The zero-order chi connectivity index (χ0) is 19.1. The highest BCUT2D eigenvalue weighted by molar-refractivity contribution is 7.09. The van der Waals surface area contributed by atoms with Gasteiger partial charge in [-0.15, -0.1) is 11.3 Å². The summed E-state index contributed by atoms with van der Waals surface area (Å²) < 4.78 is 5.77. The predicted molar refractivity (Wildman–Crippen MR) is 106 cm³/mol. The van der Waals surface area contributed by atoms with Crippen LogP contribution in [0.1, 0.15) is 48.4 Å². The highest BCUT2D eigenvalue weighted by atomic mass is 32.1. The number of benzene rings is 1. The summed E-state index contributed by atoms with van der Waals surface area (Å²) in [6.07, 6.45) is 7.76. The van der Waals surface area contributed by atoms with Gasteiger partial charge in [-0.3, -0.25) is 4.79 Å². The van der Waals surface area contributed by atoms with Gasteiger partial charge in [-0.25, -0.2) is 4.98 Å². The number of aromatic nitrogens is 1. The Morgan fingerprint density at radius 3 is 2.93 bits per heavy atom. The molecular weight excluding hydrogens is 358 g/mol. The Morgan fingerprint density at radius 2 is 2.22 bits per heavy atom. The molecule has 1 amide bonds. The van der Waals surface area contributed by atoms with Crippen molar-refractivity contribution >= 4 is 23.3 Å². The van der Waals surface area contributed by atoms with Crippen LogP contribution in [0.4, 0.5) is 0 Å². The molecule has 0 radical (unpaired) electrons. The van der Waals surface area contributed by atoms with E-state index < -0.39 is 5.54 Å². The van der Waals surface area contributed by atoms with Crippen molar-refractivity contribution in [2.24, 2.45) is 0 Å². The molecule has 6 heteroatoms. The van der Waals surface area contributed by atoms with E-state index in [2.05, 4.69) is 16.4 Å². The summed E-state index contributed by atoms with van der Waals surface area (Å²) in [5.41, 5.74) is 1.06. The average molecular weight is 382 g/mol. The maximum absolute atomic E-state index is 12.3. The first-order chi connectivity index (χ1) is 13.1. The van der Waals surface area contributed by atoms with Crippen LogP contribution in [0, 0.1) is 18.3 Å². The molecule has 1 N–H and O–H groups in total. The molecule has 0 bridgehead atoms. The topological polar surface area (TPSA) is 75.0 Å². The lowest BCUT2D eigenvalue weighted by molar-refractivity contribution is -0.118. The molecule has 0 unspecified atom stereocenters. The van der Waals surface area contributed by atoms with Crippen LogP contribution >= 0.6 is 11.3 Å². The Labute approximate surface area is 163 Å². The van der Waals surface area contributed by atoms with Crippen molar-refractivity contribution in [2.45, 2.75) is 51.2 Å². The fraction of sp³-hybridized carbons (Fsp3) is 0.381. The third-order valence-corrected chi connectivity index (χ3v) is 5.44. The van der Waals surface area contributed by atoms with Crippen molar-refractivity contribution in [3.63, 3.8) is 0 Å². The van der Waals surface area contributed by atoms with Crippen molar-refractivity contribution in [2.75, 3.05) is 0 Å². The molecule has 1 aliphatic rings. The third-order valence-electron chi connectivity index (χ3n) is 4.62. The third kappa shape index (κ3) is 5.41. The van der Waals surface area contributed by atoms with E-state index >= 15 is 0 Å². The van der Waals surface area contributed by atoms with E-state index in [9.17, 15) is 10.1 Å². The van der Waals surface area contributed by atoms with E-state index in [-0.39, 0.29) is 5.91 Å². The van der Waals surface area contributed by atoms with Crippen LogP contribution in [0.25, 0.3) is 6.08 Å². The second kappa shape index (κ2) is 8.83. The fourth-order valence-electron chi connectivity index (χ4n) is 3.21. The summed E-state index contributed by atoms with van der Waals surface area (Å²) in [5.74, 6) is 0.492. The van der Waals surface area contributed by atoms with E-state index in [4.69, 9.17) is 4.74 Å². The summed E-state index contributed by atoms with van der Waals surface area (Å²) >= 11 is 1.60. The Hall–Kier alpha value is -2.65. The average Bonchev–Trinajstić information content (AvgIpc) is 3.11. The van der Waals surface area contributed by atoms with Crippen LogP contribution < -0.4 is 10.1 Å². The molecule has 1 heterocycles. The van der Waals surface area contributed by atoms with Gasteiger partial charge in [-0.2, -0.15) is 5.26 Å². The Bertz CT molecular complexity index is 860. The Balaban J connectivity index is 1.58. The van der Waals surface area contributed by atoms with Crippen LogP contribution in [0.15, 0.2) is 35.7 Å². The Morgan fingerprint density at radius 1 is 1.41 bits per heavy atom. The molecule has 1 fully saturated rings. The molecule has 5 nitrogen and oxygen atoms in total. The van der Waals surface area contributed by atoms with Crippen LogP contribution in [-0.4, -0.2) is 16.4 Å². The zero-order valence-electron chi connectivity index (χ0n) is 15.4. The summed E-state index contributed by atoms with van der Waals surface area (Å²) in [5, 5.41) is 15.4. The number of nitriles is 1. The molecule has 0 saturated heterocycles. The van der Waals surface area contributed by atoms with Crippen molar-refractivity contribution in [1.82, 2.24) is 10.3 Å². The van der Waals surface area contributed by atoms with E-state index in [1.165, 1.54) is 6.08 Å². The van der Waals surface area contributed by atoms with Crippen LogP contribution in [0.2, 0.25) is 0 Å².